The highest BCUT2D eigenvalue weighted by Gasteiger charge is 2.26. The highest BCUT2D eigenvalue weighted by atomic mass is 16.6. The van der Waals surface area contributed by atoms with Crippen molar-refractivity contribution in [2.24, 2.45) is 0 Å². The van der Waals surface area contributed by atoms with Gasteiger partial charge in [-0.15, -0.1) is 0 Å². The number of fused-ring (bicyclic) bond motifs is 1. The number of nitrogens with zero attached hydrogens (tertiary/aromatic N) is 4. The summed E-state index contributed by atoms with van der Waals surface area (Å²) in [6.07, 6.45) is 8.00. The van der Waals surface area contributed by atoms with Crippen molar-refractivity contribution in [3.05, 3.63) is 48.4 Å². The first kappa shape index (κ1) is 19.3. The van der Waals surface area contributed by atoms with Crippen molar-refractivity contribution in [2.45, 2.75) is 25.4 Å². The molecule has 0 radical (unpaired) electrons. The number of aromatic nitrogens is 3. The molecule has 9 heteroatoms. The molecule has 1 saturated heterocycles. The van der Waals surface area contributed by atoms with E-state index >= 15 is 0 Å². The molecule has 0 spiro atoms. The van der Waals surface area contributed by atoms with Gasteiger partial charge in [-0.25, -0.2) is 14.3 Å². The Hall–Kier alpha value is -3.07. The number of hydrogen-bond donors (Lipinski definition) is 0. The lowest BCUT2D eigenvalue weighted by molar-refractivity contribution is 0.0861. The van der Waals surface area contributed by atoms with Crippen molar-refractivity contribution in [2.75, 3.05) is 33.4 Å². The van der Waals surface area contributed by atoms with Gasteiger partial charge in [-0.3, -0.25) is 0 Å². The number of likely N-dealkylation sites (tertiary alicyclic amines) is 1. The summed E-state index contributed by atoms with van der Waals surface area (Å²) in [7, 11) is 1.65. The lowest BCUT2D eigenvalue weighted by Gasteiger charge is -2.31. The Morgan fingerprint density at radius 3 is 2.90 bits per heavy atom. The second kappa shape index (κ2) is 8.95. The minimum Gasteiger partial charge on any atom is -0.490 e. The van der Waals surface area contributed by atoms with Crippen molar-refractivity contribution in [3.8, 4) is 5.75 Å². The number of pyridine rings is 1. The van der Waals surface area contributed by atoms with Gasteiger partial charge in [0, 0.05) is 25.8 Å². The molecule has 1 aliphatic heterocycles. The minimum atomic E-state index is -0.316. The predicted octanol–water partition coefficient (Wildman–Crippen LogP) is 2.86. The maximum absolute atomic E-state index is 12.3. The Balaban J connectivity index is 1.33. The zero-order chi connectivity index (χ0) is 20.1. The average Bonchev–Trinajstić information content (AvgIpc) is 3.42. The van der Waals surface area contributed by atoms with E-state index in [0.29, 0.717) is 37.9 Å². The Labute approximate surface area is 168 Å². The van der Waals surface area contributed by atoms with Crippen molar-refractivity contribution >= 4 is 11.6 Å². The zero-order valence-electron chi connectivity index (χ0n) is 16.3. The van der Waals surface area contributed by atoms with Crippen LogP contribution in [0.1, 0.15) is 30.0 Å². The molecule has 0 saturated carbocycles. The largest absolute Gasteiger partial charge is 0.490 e. The molecule has 0 N–H and O–H groups in total. The Morgan fingerprint density at radius 1 is 1.28 bits per heavy atom. The number of carbonyl (C=O) groups excluding carboxylic acids is 1. The second-order valence-corrected chi connectivity index (χ2v) is 6.93. The van der Waals surface area contributed by atoms with Crippen molar-refractivity contribution < 1.29 is 23.4 Å². The average molecular weight is 400 g/mol. The van der Waals surface area contributed by atoms with Crippen LogP contribution in [0.15, 0.2) is 41.6 Å². The van der Waals surface area contributed by atoms with Crippen molar-refractivity contribution in [3.63, 3.8) is 0 Å². The van der Waals surface area contributed by atoms with E-state index in [9.17, 15) is 4.79 Å². The van der Waals surface area contributed by atoms with Gasteiger partial charge in [0.25, 0.3) is 0 Å². The number of carbonyl (C=O) groups is 1. The van der Waals surface area contributed by atoms with Crippen LogP contribution in [-0.2, 0) is 16.1 Å². The summed E-state index contributed by atoms with van der Waals surface area (Å²) in [5.74, 6) is 1.11. The Morgan fingerprint density at radius 2 is 2.14 bits per heavy atom. The van der Waals surface area contributed by atoms with Crippen molar-refractivity contribution in [1.29, 1.82) is 0 Å². The van der Waals surface area contributed by atoms with Gasteiger partial charge in [-0.2, -0.15) is 5.10 Å². The quantitative estimate of drug-likeness (QED) is 0.563. The minimum absolute atomic E-state index is 0.123. The summed E-state index contributed by atoms with van der Waals surface area (Å²) >= 11 is 0. The first-order valence-electron chi connectivity index (χ1n) is 9.62. The summed E-state index contributed by atoms with van der Waals surface area (Å²) in [6.45, 7) is 2.47. The molecule has 1 fully saturated rings. The molecule has 1 amide bonds. The topological polar surface area (TPSA) is 91.3 Å². The maximum atomic E-state index is 12.3. The summed E-state index contributed by atoms with van der Waals surface area (Å²) in [4.78, 5) is 17.9. The Bertz CT molecular complexity index is 932. The number of rotatable bonds is 7. The summed E-state index contributed by atoms with van der Waals surface area (Å²) < 4.78 is 22.7. The lowest BCUT2D eigenvalue weighted by atomic mass is 9.90. The molecule has 9 nitrogen and oxygen atoms in total. The van der Waals surface area contributed by atoms with Crippen LogP contribution in [0.2, 0.25) is 0 Å². The molecule has 0 aromatic carbocycles. The van der Waals surface area contributed by atoms with Gasteiger partial charge >= 0.3 is 6.09 Å². The molecule has 0 aliphatic carbocycles. The monoisotopic (exact) mass is 400 g/mol. The molecule has 0 atom stereocenters. The fourth-order valence-corrected chi connectivity index (χ4v) is 3.54. The number of hydrogen-bond acceptors (Lipinski definition) is 7. The van der Waals surface area contributed by atoms with Crippen LogP contribution in [0.25, 0.3) is 5.52 Å². The number of methoxy groups -OCH3 is 1. The van der Waals surface area contributed by atoms with E-state index in [0.717, 1.165) is 24.1 Å². The smallest absolute Gasteiger partial charge is 0.410 e. The van der Waals surface area contributed by atoms with Gasteiger partial charge in [0.15, 0.2) is 6.39 Å². The van der Waals surface area contributed by atoms with E-state index in [1.807, 2.05) is 29.0 Å². The van der Waals surface area contributed by atoms with Gasteiger partial charge in [-0.1, -0.05) is 0 Å². The van der Waals surface area contributed by atoms with E-state index in [1.165, 1.54) is 18.2 Å². The van der Waals surface area contributed by atoms with Crippen LogP contribution in [-0.4, -0.2) is 59.0 Å². The molecule has 4 rings (SSSR count). The molecule has 3 aromatic rings. The fraction of sp³-hybridized carbons (Fsp3) is 0.450. The maximum Gasteiger partial charge on any atom is 0.410 e. The molecule has 0 bridgehead atoms. The van der Waals surface area contributed by atoms with Crippen LogP contribution in [0.5, 0.6) is 5.75 Å². The van der Waals surface area contributed by atoms with Gasteiger partial charge in [0.2, 0.25) is 0 Å². The molecule has 3 aromatic heterocycles. The third kappa shape index (κ3) is 4.51. The third-order valence-corrected chi connectivity index (χ3v) is 5.09. The molecular weight excluding hydrogens is 376 g/mol. The van der Waals surface area contributed by atoms with Crippen LogP contribution in [0.3, 0.4) is 0 Å². The third-order valence-electron chi connectivity index (χ3n) is 5.09. The van der Waals surface area contributed by atoms with Crippen LogP contribution in [0.4, 0.5) is 4.79 Å². The second-order valence-electron chi connectivity index (χ2n) is 6.93. The number of ether oxygens (including phenoxy) is 3. The van der Waals surface area contributed by atoms with Gasteiger partial charge in [0.05, 0.1) is 24.5 Å². The highest BCUT2D eigenvalue weighted by molar-refractivity contribution is 5.68. The Kier molecular flexibility index (Phi) is 5.95. The van der Waals surface area contributed by atoms with E-state index in [4.69, 9.17) is 18.6 Å². The summed E-state index contributed by atoms with van der Waals surface area (Å²) in [6, 6.07) is 3.98. The normalized spacial score (nSPS) is 15.0. The van der Waals surface area contributed by atoms with Gasteiger partial charge in [0.1, 0.15) is 30.9 Å². The van der Waals surface area contributed by atoms with E-state index in [-0.39, 0.29) is 12.7 Å². The van der Waals surface area contributed by atoms with Crippen LogP contribution >= 0.6 is 0 Å². The molecular formula is C20H24N4O5. The summed E-state index contributed by atoms with van der Waals surface area (Å²) in [5, 5.41) is 4.48. The highest BCUT2D eigenvalue weighted by Crippen LogP contribution is 2.31. The number of oxazole rings is 1. The number of piperidine rings is 1. The van der Waals surface area contributed by atoms with Crippen LogP contribution in [0, 0.1) is 0 Å². The van der Waals surface area contributed by atoms with E-state index in [1.54, 1.807) is 12.0 Å². The lowest BCUT2D eigenvalue weighted by Crippen LogP contribution is -2.38. The standard InChI is InChI=1S/C20H24N4O5/c1-26-8-9-28-17-2-3-19-18(10-22-24(19)11-17)15-4-6-23(7-5-15)20(25)29-13-16-12-27-14-21-16/h2-3,10-12,14-15H,4-9,13H2,1H3. The number of amides is 1. The van der Waals surface area contributed by atoms with Crippen LogP contribution < -0.4 is 4.74 Å². The van der Waals surface area contributed by atoms with Crippen molar-refractivity contribution in [1.82, 2.24) is 19.5 Å². The molecule has 4 heterocycles. The zero-order valence-corrected chi connectivity index (χ0v) is 16.3. The summed E-state index contributed by atoms with van der Waals surface area (Å²) in [5.41, 5.74) is 2.87. The van der Waals surface area contributed by atoms with Gasteiger partial charge in [-0.05, 0) is 30.9 Å². The first-order chi connectivity index (χ1) is 14.2. The van der Waals surface area contributed by atoms with E-state index in [2.05, 4.69) is 10.1 Å². The molecule has 0 unspecified atom stereocenters. The molecule has 1 aliphatic rings. The van der Waals surface area contributed by atoms with E-state index < -0.39 is 0 Å². The SMILES string of the molecule is COCCOc1ccc2c(C3CCN(C(=O)OCc4cocn4)CC3)cnn2c1. The van der Waals surface area contributed by atoms with Gasteiger partial charge < -0.3 is 23.5 Å². The predicted molar refractivity (Wildman–Crippen MR) is 103 cm³/mol. The molecule has 29 heavy (non-hydrogen) atoms. The fourth-order valence-electron chi connectivity index (χ4n) is 3.54. The molecule has 154 valence electrons. The first-order valence-corrected chi connectivity index (χ1v) is 9.62.